The summed E-state index contributed by atoms with van der Waals surface area (Å²) in [5.74, 6) is -4.76. The van der Waals surface area contributed by atoms with E-state index in [0.717, 1.165) is 13.0 Å². The van der Waals surface area contributed by atoms with Crippen LogP contribution >= 0.6 is 0 Å². The van der Waals surface area contributed by atoms with Gasteiger partial charge in [0.2, 0.25) is 5.82 Å². The Kier molecular flexibility index (Phi) is 4.82. The highest BCUT2D eigenvalue weighted by molar-refractivity contribution is 7.91. The van der Waals surface area contributed by atoms with Crippen LogP contribution in [0.5, 0.6) is 0 Å². The zero-order valence-electron chi connectivity index (χ0n) is 11.2. The quantitative estimate of drug-likeness (QED) is 0.650. The van der Waals surface area contributed by atoms with Gasteiger partial charge in [-0.15, -0.1) is 0 Å². The van der Waals surface area contributed by atoms with Crippen molar-refractivity contribution < 1.29 is 35.2 Å². The monoisotopic (exact) mass is 347 g/mol. The molecule has 0 fully saturated rings. The van der Waals surface area contributed by atoms with Gasteiger partial charge in [0.25, 0.3) is 5.91 Å². The molecule has 0 aliphatic rings. The fourth-order valence-corrected chi connectivity index (χ4v) is 3.44. The van der Waals surface area contributed by atoms with Crippen LogP contribution < -0.4 is 9.62 Å². The number of alkyl halides is 3. The van der Waals surface area contributed by atoms with Crippen LogP contribution in [0.3, 0.4) is 0 Å². The van der Waals surface area contributed by atoms with Gasteiger partial charge in [0.05, 0.1) is 6.54 Å². The lowest BCUT2D eigenvalue weighted by Crippen LogP contribution is -2.62. The Labute approximate surface area is 122 Å². The Morgan fingerprint density at radius 2 is 1.82 bits per heavy atom. The molecule has 1 aromatic rings. The lowest BCUT2D eigenvalue weighted by molar-refractivity contribution is -0.118. The zero-order chi connectivity index (χ0) is 17.3. The minimum absolute atomic E-state index is 0.605. The van der Waals surface area contributed by atoms with Gasteiger partial charge in [0, 0.05) is 6.07 Å². The minimum Gasteiger partial charge on any atom is -0.365 e. The SMILES string of the molecule is CC[N+](CC(N)=O)(c1cccc(F)c1F)S(=O)(=O)C(F)(F)F. The molecule has 0 aliphatic carbocycles. The van der Waals surface area contributed by atoms with Crippen molar-refractivity contribution in [1.29, 1.82) is 0 Å². The van der Waals surface area contributed by atoms with E-state index in [4.69, 9.17) is 5.73 Å². The molecule has 5 nitrogen and oxygen atoms in total. The molecule has 0 saturated heterocycles. The first-order chi connectivity index (χ1) is 9.90. The van der Waals surface area contributed by atoms with Gasteiger partial charge in [0.1, 0.15) is 0 Å². The number of hydrogen-bond donors (Lipinski definition) is 1. The van der Waals surface area contributed by atoms with E-state index in [1.54, 1.807) is 0 Å². The maximum absolute atomic E-state index is 13.9. The van der Waals surface area contributed by atoms with Crippen molar-refractivity contribution in [3.05, 3.63) is 29.8 Å². The smallest absolute Gasteiger partial charge is 0.365 e. The molecular formula is C11H12F5N2O3S+. The highest BCUT2D eigenvalue weighted by atomic mass is 32.2. The molecule has 2 N–H and O–H groups in total. The van der Waals surface area contributed by atoms with Crippen LogP contribution in [0.4, 0.5) is 27.6 Å². The summed E-state index contributed by atoms with van der Waals surface area (Å²) >= 11 is 0. The topological polar surface area (TPSA) is 77.2 Å². The molecule has 0 saturated carbocycles. The zero-order valence-corrected chi connectivity index (χ0v) is 12.0. The standard InChI is InChI=1S/C11H11F5N2O3S/c1-2-18(6-9(17)19,22(20,21)11(14,15)16)8-5-3-4-7(12)10(8)13/h3-5H,2,6H2,1H3,(H-,17,19)/p+1. The average Bonchev–Trinajstić information content (AvgIpc) is 2.37. The predicted octanol–water partition coefficient (Wildman–Crippen LogP) is 1.63. The Morgan fingerprint density at radius 1 is 1.27 bits per heavy atom. The van der Waals surface area contributed by atoms with E-state index in [1.165, 1.54) is 0 Å². The molecule has 0 heterocycles. The van der Waals surface area contributed by atoms with E-state index in [9.17, 15) is 35.2 Å². The van der Waals surface area contributed by atoms with Crippen LogP contribution in [-0.2, 0) is 14.8 Å². The number of likely N-dealkylation sites (N-methyl/N-ethyl adjacent to an activating group) is 1. The normalized spacial score (nSPS) is 15.4. The third-order valence-corrected chi connectivity index (χ3v) is 5.13. The molecule has 1 rings (SSSR count). The number of halogens is 5. The van der Waals surface area contributed by atoms with E-state index in [1.807, 2.05) is 0 Å². The number of carbonyl (C=O) groups excluding carboxylic acids is 1. The molecule has 1 amide bonds. The van der Waals surface area contributed by atoms with Crippen LogP contribution in [-0.4, -0.2) is 32.9 Å². The number of primary amides is 1. The number of hydrogen-bond acceptors (Lipinski definition) is 3. The second kappa shape index (κ2) is 5.80. The number of carbonyl (C=O) groups is 1. The molecule has 1 aromatic carbocycles. The fourth-order valence-electron chi connectivity index (χ4n) is 2.01. The van der Waals surface area contributed by atoms with Crippen molar-refractivity contribution in [3.8, 4) is 0 Å². The van der Waals surface area contributed by atoms with E-state index in [0.29, 0.717) is 12.1 Å². The van der Waals surface area contributed by atoms with Crippen LogP contribution in [0, 0.1) is 11.6 Å². The molecule has 11 heteroatoms. The van der Waals surface area contributed by atoms with E-state index >= 15 is 0 Å². The molecule has 1 atom stereocenters. The Balaban J connectivity index is 3.82. The van der Waals surface area contributed by atoms with Crippen molar-refractivity contribution in [2.24, 2.45) is 5.73 Å². The Hall–Kier alpha value is -1.75. The van der Waals surface area contributed by atoms with Crippen molar-refractivity contribution in [2.45, 2.75) is 12.4 Å². The second-order valence-corrected chi connectivity index (χ2v) is 6.44. The van der Waals surface area contributed by atoms with Crippen LogP contribution in [0.1, 0.15) is 6.92 Å². The minimum atomic E-state index is -6.11. The number of benzene rings is 1. The van der Waals surface area contributed by atoms with Gasteiger partial charge in [0.15, 0.2) is 18.0 Å². The summed E-state index contributed by atoms with van der Waals surface area (Å²) in [5, 5.41) is 0. The van der Waals surface area contributed by atoms with Gasteiger partial charge < -0.3 is 5.73 Å². The van der Waals surface area contributed by atoms with Gasteiger partial charge in [-0.2, -0.15) is 29.9 Å². The third kappa shape index (κ3) is 2.77. The summed E-state index contributed by atoms with van der Waals surface area (Å²) in [6.45, 7) is -1.29. The lowest BCUT2D eigenvalue weighted by atomic mass is 10.2. The second-order valence-electron chi connectivity index (χ2n) is 4.32. The van der Waals surface area contributed by atoms with Gasteiger partial charge in [-0.25, -0.2) is 4.39 Å². The molecule has 1 unspecified atom stereocenters. The van der Waals surface area contributed by atoms with E-state index < -0.39 is 55.7 Å². The van der Waals surface area contributed by atoms with Crippen molar-refractivity contribution in [3.63, 3.8) is 0 Å². The highest BCUT2D eigenvalue weighted by Gasteiger charge is 2.62. The molecule has 124 valence electrons. The van der Waals surface area contributed by atoms with Gasteiger partial charge >= 0.3 is 15.5 Å². The summed E-state index contributed by atoms with van der Waals surface area (Å²) in [7, 11) is -6.11. The molecule has 22 heavy (non-hydrogen) atoms. The van der Waals surface area contributed by atoms with Gasteiger partial charge in [-0.1, -0.05) is 6.07 Å². The first-order valence-corrected chi connectivity index (χ1v) is 7.26. The van der Waals surface area contributed by atoms with Crippen LogP contribution in [0.15, 0.2) is 18.2 Å². The molecule has 0 aromatic heterocycles. The maximum atomic E-state index is 13.9. The summed E-state index contributed by atoms with van der Waals surface area (Å²) in [6.07, 6.45) is 0. The van der Waals surface area contributed by atoms with Crippen LogP contribution in [0.25, 0.3) is 0 Å². The van der Waals surface area contributed by atoms with Crippen molar-refractivity contribution in [2.75, 3.05) is 13.1 Å². The average molecular weight is 347 g/mol. The third-order valence-electron chi connectivity index (χ3n) is 3.04. The molecule has 0 spiro atoms. The lowest BCUT2D eigenvalue weighted by Gasteiger charge is -2.34. The number of sulfonamides is 1. The van der Waals surface area contributed by atoms with Crippen molar-refractivity contribution >= 4 is 21.6 Å². The summed E-state index contributed by atoms with van der Waals surface area (Å²) in [4.78, 5) is 11.1. The number of amides is 1. The predicted molar refractivity (Wildman–Crippen MR) is 67.7 cm³/mol. The largest absolute Gasteiger partial charge is 0.549 e. The molecule has 0 bridgehead atoms. The number of nitrogens with zero attached hydrogens (tertiary/aromatic N) is 1. The summed E-state index contributed by atoms with van der Waals surface area (Å²) in [5.41, 5.74) is -2.12. The number of quaternary nitrogens is 1. The maximum Gasteiger partial charge on any atom is 0.549 e. The first-order valence-electron chi connectivity index (χ1n) is 5.82. The first kappa shape index (κ1) is 18.3. The van der Waals surface area contributed by atoms with Crippen molar-refractivity contribution in [1.82, 2.24) is 3.89 Å². The Bertz CT molecular complexity index is 689. The molecular weight excluding hydrogens is 335 g/mol. The van der Waals surface area contributed by atoms with E-state index in [-0.39, 0.29) is 0 Å². The molecule has 0 aliphatic heterocycles. The number of rotatable bonds is 5. The van der Waals surface area contributed by atoms with Crippen LogP contribution in [0.2, 0.25) is 0 Å². The Morgan fingerprint density at radius 3 is 2.23 bits per heavy atom. The van der Waals surface area contributed by atoms with Gasteiger partial charge in [-0.3, -0.25) is 4.79 Å². The van der Waals surface area contributed by atoms with Gasteiger partial charge in [-0.05, 0) is 13.0 Å². The van der Waals surface area contributed by atoms with E-state index in [2.05, 4.69) is 0 Å². The number of nitrogens with two attached hydrogens (primary N) is 1. The summed E-state index contributed by atoms with van der Waals surface area (Å²) in [6, 6.07) is 2.10. The summed E-state index contributed by atoms with van der Waals surface area (Å²) < 4.78 is 87.4. The highest BCUT2D eigenvalue weighted by Crippen LogP contribution is 2.39. The molecule has 0 radical (unpaired) electrons. The fraction of sp³-hybridized carbons (Fsp3) is 0.364.